The van der Waals surface area contributed by atoms with Crippen molar-refractivity contribution < 1.29 is 9.52 Å². The molecule has 0 amide bonds. The highest BCUT2D eigenvalue weighted by Crippen LogP contribution is 2.32. The molecule has 0 aliphatic heterocycles. The highest BCUT2D eigenvalue weighted by molar-refractivity contribution is 5.82. The standard InChI is InChI=1S/C21H21NO3/c1-2-13-9-17-15(10-21(24)25-20(17)11-19(13)23)12-22-18-8-7-14-5-3-4-6-16(14)18/h3-6,9-11,18,22-23H,2,7-8,12H2,1H3/t18-/m0/s1. The van der Waals surface area contributed by atoms with Gasteiger partial charge in [0.25, 0.3) is 0 Å². The van der Waals surface area contributed by atoms with Crippen molar-refractivity contribution in [2.24, 2.45) is 0 Å². The highest BCUT2D eigenvalue weighted by atomic mass is 16.4. The van der Waals surface area contributed by atoms with Gasteiger partial charge < -0.3 is 14.8 Å². The molecule has 0 unspecified atom stereocenters. The second-order valence-electron chi connectivity index (χ2n) is 6.59. The lowest BCUT2D eigenvalue weighted by Gasteiger charge is -2.15. The molecule has 128 valence electrons. The first kappa shape index (κ1) is 15.9. The number of fused-ring (bicyclic) bond motifs is 2. The van der Waals surface area contributed by atoms with Crippen LogP contribution in [0.15, 0.2) is 51.7 Å². The SMILES string of the molecule is CCc1cc2c(CN[C@H]3CCc4ccccc43)cc(=O)oc2cc1O. The molecule has 0 saturated carbocycles. The van der Waals surface area contributed by atoms with Crippen LogP contribution in [0, 0.1) is 0 Å². The van der Waals surface area contributed by atoms with Crippen molar-refractivity contribution in [3.8, 4) is 5.75 Å². The second kappa shape index (κ2) is 6.37. The zero-order valence-corrected chi connectivity index (χ0v) is 14.2. The van der Waals surface area contributed by atoms with E-state index < -0.39 is 0 Å². The summed E-state index contributed by atoms with van der Waals surface area (Å²) in [6, 6.07) is 13.8. The Kier molecular flexibility index (Phi) is 4.06. The van der Waals surface area contributed by atoms with Crippen LogP contribution < -0.4 is 10.9 Å². The average molecular weight is 335 g/mol. The average Bonchev–Trinajstić information content (AvgIpc) is 3.02. The van der Waals surface area contributed by atoms with Crippen molar-refractivity contribution in [1.29, 1.82) is 0 Å². The molecule has 4 nitrogen and oxygen atoms in total. The molecular formula is C21H21NO3. The number of hydrogen-bond acceptors (Lipinski definition) is 4. The van der Waals surface area contributed by atoms with Gasteiger partial charge in [-0.25, -0.2) is 4.79 Å². The highest BCUT2D eigenvalue weighted by Gasteiger charge is 2.21. The van der Waals surface area contributed by atoms with Crippen LogP contribution in [-0.4, -0.2) is 5.11 Å². The molecule has 1 heterocycles. The number of aryl methyl sites for hydroxylation is 2. The summed E-state index contributed by atoms with van der Waals surface area (Å²) in [7, 11) is 0. The van der Waals surface area contributed by atoms with Crippen LogP contribution in [0.5, 0.6) is 5.75 Å². The van der Waals surface area contributed by atoms with E-state index in [1.807, 2.05) is 13.0 Å². The van der Waals surface area contributed by atoms with Crippen molar-refractivity contribution in [1.82, 2.24) is 5.32 Å². The molecule has 4 rings (SSSR count). The van der Waals surface area contributed by atoms with E-state index in [-0.39, 0.29) is 11.4 Å². The summed E-state index contributed by atoms with van der Waals surface area (Å²) >= 11 is 0. The Hall–Kier alpha value is -2.59. The summed E-state index contributed by atoms with van der Waals surface area (Å²) in [4.78, 5) is 11.9. The summed E-state index contributed by atoms with van der Waals surface area (Å²) in [6.07, 6.45) is 2.88. The summed E-state index contributed by atoms with van der Waals surface area (Å²) in [5.74, 6) is 0.174. The molecule has 1 aromatic heterocycles. The lowest BCUT2D eigenvalue weighted by atomic mass is 10.0. The van der Waals surface area contributed by atoms with Crippen molar-refractivity contribution in [2.75, 3.05) is 0 Å². The van der Waals surface area contributed by atoms with Gasteiger partial charge in [0.05, 0.1) is 0 Å². The Morgan fingerprint density at radius 1 is 1.20 bits per heavy atom. The van der Waals surface area contributed by atoms with E-state index in [1.54, 1.807) is 12.1 Å². The Morgan fingerprint density at radius 3 is 2.88 bits per heavy atom. The van der Waals surface area contributed by atoms with Gasteiger partial charge in [0.15, 0.2) is 0 Å². The van der Waals surface area contributed by atoms with Gasteiger partial charge in [0, 0.05) is 30.1 Å². The fourth-order valence-corrected chi connectivity index (χ4v) is 3.74. The molecule has 0 spiro atoms. The number of hydrogen-bond donors (Lipinski definition) is 2. The van der Waals surface area contributed by atoms with Crippen LogP contribution in [-0.2, 0) is 19.4 Å². The predicted octanol–water partition coefficient (Wildman–Crippen LogP) is 3.84. The summed E-state index contributed by atoms with van der Waals surface area (Å²) in [6.45, 7) is 2.59. The van der Waals surface area contributed by atoms with E-state index in [0.717, 1.165) is 35.8 Å². The number of rotatable bonds is 4. The van der Waals surface area contributed by atoms with Gasteiger partial charge in [-0.15, -0.1) is 0 Å². The third-order valence-corrected chi connectivity index (χ3v) is 5.08. The number of phenols is 1. The molecule has 0 saturated heterocycles. The molecule has 0 radical (unpaired) electrons. The van der Waals surface area contributed by atoms with Crippen molar-refractivity contribution in [2.45, 2.75) is 38.8 Å². The minimum Gasteiger partial charge on any atom is -0.508 e. The van der Waals surface area contributed by atoms with Crippen molar-refractivity contribution >= 4 is 11.0 Å². The molecule has 1 atom stereocenters. The Labute approximate surface area is 146 Å². The minimum atomic E-state index is -0.389. The smallest absolute Gasteiger partial charge is 0.336 e. The minimum absolute atomic E-state index is 0.174. The molecule has 2 N–H and O–H groups in total. The molecular weight excluding hydrogens is 314 g/mol. The van der Waals surface area contributed by atoms with Crippen molar-refractivity contribution in [3.05, 3.63) is 75.1 Å². The van der Waals surface area contributed by atoms with Gasteiger partial charge >= 0.3 is 5.63 Å². The van der Waals surface area contributed by atoms with Crippen LogP contribution in [0.3, 0.4) is 0 Å². The number of benzene rings is 2. The predicted molar refractivity (Wildman–Crippen MR) is 97.9 cm³/mol. The van der Waals surface area contributed by atoms with Gasteiger partial charge in [-0.05, 0) is 47.6 Å². The molecule has 3 aromatic rings. The van der Waals surface area contributed by atoms with Gasteiger partial charge in [0.1, 0.15) is 11.3 Å². The first-order valence-corrected chi connectivity index (χ1v) is 8.75. The lowest BCUT2D eigenvalue weighted by Crippen LogP contribution is -2.19. The quantitative estimate of drug-likeness (QED) is 0.711. The maximum absolute atomic E-state index is 11.9. The Balaban J connectivity index is 1.66. The fourth-order valence-electron chi connectivity index (χ4n) is 3.74. The molecule has 4 heteroatoms. The Bertz CT molecular complexity index is 990. The maximum Gasteiger partial charge on any atom is 0.336 e. The number of phenolic OH excluding ortho intramolecular Hbond substituents is 1. The maximum atomic E-state index is 11.9. The monoisotopic (exact) mass is 335 g/mol. The fraction of sp³-hybridized carbons (Fsp3) is 0.286. The van der Waals surface area contributed by atoms with Crippen LogP contribution in [0.25, 0.3) is 11.0 Å². The van der Waals surface area contributed by atoms with E-state index in [4.69, 9.17) is 4.42 Å². The third kappa shape index (κ3) is 2.94. The van der Waals surface area contributed by atoms with Gasteiger partial charge in [0.2, 0.25) is 0 Å². The topological polar surface area (TPSA) is 62.5 Å². The molecule has 1 aliphatic carbocycles. The van der Waals surface area contributed by atoms with Crippen LogP contribution >= 0.6 is 0 Å². The lowest BCUT2D eigenvalue weighted by molar-refractivity contribution is 0.466. The zero-order chi connectivity index (χ0) is 17.4. The first-order valence-electron chi connectivity index (χ1n) is 8.75. The molecule has 0 bridgehead atoms. The van der Waals surface area contributed by atoms with E-state index in [0.29, 0.717) is 18.2 Å². The van der Waals surface area contributed by atoms with Crippen LogP contribution in [0.2, 0.25) is 0 Å². The van der Waals surface area contributed by atoms with E-state index in [9.17, 15) is 9.90 Å². The van der Waals surface area contributed by atoms with Crippen molar-refractivity contribution in [3.63, 3.8) is 0 Å². The van der Waals surface area contributed by atoms with Crippen LogP contribution in [0.4, 0.5) is 0 Å². The number of aromatic hydroxyl groups is 1. The van der Waals surface area contributed by atoms with E-state index in [1.165, 1.54) is 11.1 Å². The van der Waals surface area contributed by atoms with Gasteiger partial charge in [-0.2, -0.15) is 0 Å². The summed E-state index contributed by atoms with van der Waals surface area (Å²) in [5, 5.41) is 14.5. The largest absolute Gasteiger partial charge is 0.508 e. The van der Waals surface area contributed by atoms with Gasteiger partial charge in [-0.1, -0.05) is 31.2 Å². The summed E-state index contributed by atoms with van der Waals surface area (Å²) in [5.41, 5.74) is 4.56. The molecule has 0 fully saturated rings. The van der Waals surface area contributed by atoms with Crippen LogP contribution in [0.1, 0.15) is 41.6 Å². The Morgan fingerprint density at radius 2 is 2.04 bits per heavy atom. The molecule has 1 aliphatic rings. The van der Waals surface area contributed by atoms with E-state index >= 15 is 0 Å². The normalized spacial score (nSPS) is 16.3. The number of nitrogens with one attached hydrogen (secondary N) is 1. The summed E-state index contributed by atoms with van der Waals surface area (Å²) < 4.78 is 5.27. The first-order chi connectivity index (χ1) is 12.2. The van der Waals surface area contributed by atoms with E-state index in [2.05, 4.69) is 29.6 Å². The van der Waals surface area contributed by atoms with Gasteiger partial charge in [-0.3, -0.25) is 0 Å². The molecule has 2 aromatic carbocycles. The molecule has 25 heavy (non-hydrogen) atoms. The second-order valence-corrected chi connectivity index (χ2v) is 6.59. The third-order valence-electron chi connectivity index (χ3n) is 5.08. The zero-order valence-electron chi connectivity index (χ0n) is 14.2.